The van der Waals surface area contributed by atoms with Gasteiger partial charge in [0.05, 0.1) is 24.5 Å². The molecule has 0 fully saturated rings. The molecular weight excluding hydrogens is 453 g/mol. The van der Waals surface area contributed by atoms with Crippen molar-refractivity contribution in [3.8, 4) is 22.7 Å². The molecule has 5 aromatic rings. The second kappa shape index (κ2) is 10.3. The maximum Gasteiger partial charge on any atom is 0.270 e. The van der Waals surface area contributed by atoms with Gasteiger partial charge < -0.3 is 10.1 Å². The number of amides is 1. The Morgan fingerprint density at radius 1 is 0.833 bits per heavy atom. The number of methoxy groups -OCH3 is 1. The molecule has 0 aliphatic carbocycles. The zero-order chi connectivity index (χ0) is 24.9. The summed E-state index contributed by atoms with van der Waals surface area (Å²) in [7, 11) is 1.59. The van der Waals surface area contributed by atoms with Crippen LogP contribution in [0.3, 0.4) is 0 Å². The van der Waals surface area contributed by atoms with Crippen molar-refractivity contribution in [2.45, 2.75) is 6.04 Å². The molecule has 1 amide bonds. The molecule has 0 saturated carbocycles. The van der Waals surface area contributed by atoms with Crippen molar-refractivity contribution in [1.82, 2.24) is 15.1 Å². The Balaban J connectivity index is 1.58. The predicted octanol–water partition coefficient (Wildman–Crippen LogP) is 6.21. The minimum atomic E-state index is -0.407. The number of hydrogen-bond acceptors (Lipinski definition) is 3. The lowest BCUT2D eigenvalue weighted by Gasteiger charge is -2.20. The Bertz CT molecular complexity index is 1430. The van der Waals surface area contributed by atoms with Crippen LogP contribution in [0.25, 0.3) is 16.9 Å². The molecule has 0 atom stereocenters. The van der Waals surface area contributed by atoms with Gasteiger partial charge in [-0.15, -0.1) is 0 Å². The average molecular weight is 478 g/mol. The summed E-state index contributed by atoms with van der Waals surface area (Å²) in [5.74, 6) is -0.0617. The van der Waals surface area contributed by atoms with E-state index in [2.05, 4.69) is 10.4 Å². The van der Waals surface area contributed by atoms with Crippen LogP contribution in [0.2, 0.25) is 0 Å². The molecule has 0 aliphatic rings. The topological polar surface area (TPSA) is 56.2 Å². The van der Waals surface area contributed by atoms with Gasteiger partial charge in [-0.1, -0.05) is 72.8 Å². The summed E-state index contributed by atoms with van der Waals surface area (Å²) in [5.41, 5.74) is 3.52. The first kappa shape index (κ1) is 23.1. The van der Waals surface area contributed by atoms with Gasteiger partial charge in [-0.3, -0.25) is 4.79 Å². The van der Waals surface area contributed by atoms with Gasteiger partial charge in [-0.05, 0) is 53.6 Å². The Hall–Kier alpha value is -4.71. The molecule has 5 rings (SSSR count). The lowest BCUT2D eigenvalue weighted by molar-refractivity contribution is 0.0935. The summed E-state index contributed by atoms with van der Waals surface area (Å²) in [6.07, 6.45) is 0. The molecule has 36 heavy (non-hydrogen) atoms. The van der Waals surface area contributed by atoms with E-state index in [1.54, 1.807) is 55.6 Å². The Kier molecular flexibility index (Phi) is 6.58. The van der Waals surface area contributed by atoms with Crippen molar-refractivity contribution in [2.75, 3.05) is 7.11 Å². The van der Waals surface area contributed by atoms with Crippen molar-refractivity contribution in [3.05, 3.63) is 138 Å². The number of nitrogens with one attached hydrogen (secondary N) is 1. The van der Waals surface area contributed by atoms with Crippen molar-refractivity contribution in [3.63, 3.8) is 0 Å². The first-order valence-corrected chi connectivity index (χ1v) is 11.5. The van der Waals surface area contributed by atoms with Crippen molar-refractivity contribution in [2.24, 2.45) is 0 Å². The molecule has 1 N–H and O–H groups in total. The highest BCUT2D eigenvalue weighted by molar-refractivity contribution is 5.95. The lowest BCUT2D eigenvalue weighted by Crippen LogP contribution is -2.31. The van der Waals surface area contributed by atoms with Gasteiger partial charge in [0.25, 0.3) is 5.91 Å². The van der Waals surface area contributed by atoms with Crippen LogP contribution in [0.1, 0.15) is 27.7 Å². The van der Waals surface area contributed by atoms with Gasteiger partial charge in [-0.2, -0.15) is 5.10 Å². The first-order valence-electron chi connectivity index (χ1n) is 11.5. The van der Waals surface area contributed by atoms with Crippen LogP contribution in [0.5, 0.6) is 5.75 Å². The number of nitrogens with zero attached hydrogens (tertiary/aromatic N) is 2. The smallest absolute Gasteiger partial charge is 0.270 e. The first-order chi connectivity index (χ1) is 17.6. The highest BCUT2D eigenvalue weighted by atomic mass is 19.1. The van der Waals surface area contributed by atoms with Crippen LogP contribution >= 0.6 is 0 Å². The largest absolute Gasteiger partial charge is 0.497 e. The van der Waals surface area contributed by atoms with Gasteiger partial charge in [0, 0.05) is 5.56 Å². The predicted molar refractivity (Wildman–Crippen MR) is 138 cm³/mol. The van der Waals surface area contributed by atoms with Crippen LogP contribution in [0.15, 0.2) is 115 Å². The molecule has 0 saturated heterocycles. The standard InChI is InChI=1S/C30H24FN3O2/c1-36-24-18-16-23(17-19-24)34-28(20-27(33-34)25-14-8-9-15-26(25)31)30(35)32-29(21-10-4-2-5-11-21)22-12-6-3-7-13-22/h2-20,29H,1H3,(H,32,35). The second-order valence-electron chi connectivity index (χ2n) is 8.23. The number of halogens is 1. The van der Waals surface area contributed by atoms with Crippen molar-refractivity contribution < 1.29 is 13.9 Å². The van der Waals surface area contributed by atoms with Gasteiger partial charge in [0.2, 0.25) is 0 Å². The third-order valence-electron chi connectivity index (χ3n) is 5.95. The van der Waals surface area contributed by atoms with E-state index in [1.807, 2.05) is 60.7 Å². The Morgan fingerprint density at radius 3 is 2.00 bits per heavy atom. The Morgan fingerprint density at radius 2 is 1.42 bits per heavy atom. The van der Waals surface area contributed by atoms with Gasteiger partial charge >= 0.3 is 0 Å². The zero-order valence-electron chi connectivity index (χ0n) is 19.6. The summed E-state index contributed by atoms with van der Waals surface area (Å²) in [4.78, 5) is 13.8. The van der Waals surface area contributed by atoms with E-state index in [1.165, 1.54) is 10.7 Å². The number of carbonyl (C=O) groups excluding carboxylic acids is 1. The molecule has 1 aromatic heterocycles. The molecule has 0 spiro atoms. The minimum absolute atomic E-state index is 0.287. The van der Waals surface area contributed by atoms with E-state index in [-0.39, 0.29) is 17.6 Å². The molecule has 178 valence electrons. The summed E-state index contributed by atoms with van der Waals surface area (Å²) in [6.45, 7) is 0. The number of carbonyl (C=O) groups is 1. The zero-order valence-corrected chi connectivity index (χ0v) is 19.6. The maximum atomic E-state index is 14.6. The summed E-state index contributed by atoms with van der Waals surface area (Å²) < 4.78 is 21.4. The molecule has 0 unspecified atom stereocenters. The highest BCUT2D eigenvalue weighted by Gasteiger charge is 2.23. The summed E-state index contributed by atoms with van der Waals surface area (Å²) in [6, 6.07) is 34.4. The van der Waals surface area contributed by atoms with E-state index in [9.17, 15) is 9.18 Å². The van der Waals surface area contributed by atoms with Gasteiger partial charge in [0.15, 0.2) is 0 Å². The molecule has 1 heterocycles. The summed E-state index contributed by atoms with van der Waals surface area (Å²) >= 11 is 0. The molecule has 0 radical (unpaired) electrons. The van der Waals surface area contributed by atoms with E-state index in [4.69, 9.17) is 4.74 Å². The monoisotopic (exact) mass is 477 g/mol. The normalized spacial score (nSPS) is 10.9. The van der Waals surface area contributed by atoms with E-state index in [0.29, 0.717) is 22.7 Å². The average Bonchev–Trinajstić information content (AvgIpc) is 3.38. The molecule has 6 heteroatoms. The fourth-order valence-electron chi connectivity index (χ4n) is 4.12. The fraction of sp³-hybridized carbons (Fsp3) is 0.0667. The second-order valence-corrected chi connectivity index (χ2v) is 8.23. The van der Waals surface area contributed by atoms with Crippen LogP contribution in [0, 0.1) is 5.82 Å². The fourth-order valence-corrected chi connectivity index (χ4v) is 4.12. The number of hydrogen-bond donors (Lipinski definition) is 1. The number of aromatic nitrogens is 2. The van der Waals surface area contributed by atoms with Gasteiger partial charge in [-0.25, -0.2) is 9.07 Å². The number of rotatable bonds is 7. The van der Waals surface area contributed by atoms with Crippen LogP contribution in [0.4, 0.5) is 4.39 Å². The quantitative estimate of drug-likeness (QED) is 0.303. The lowest BCUT2D eigenvalue weighted by atomic mass is 9.98. The third-order valence-corrected chi connectivity index (χ3v) is 5.95. The van der Waals surface area contributed by atoms with Crippen LogP contribution in [-0.4, -0.2) is 22.8 Å². The Labute approximate surface area is 208 Å². The van der Waals surface area contributed by atoms with Crippen molar-refractivity contribution >= 4 is 5.91 Å². The van der Waals surface area contributed by atoms with E-state index in [0.717, 1.165) is 11.1 Å². The maximum absolute atomic E-state index is 14.6. The van der Waals surface area contributed by atoms with Gasteiger partial charge in [0.1, 0.15) is 17.3 Å². The summed E-state index contributed by atoms with van der Waals surface area (Å²) in [5, 5.41) is 7.78. The molecule has 5 nitrogen and oxygen atoms in total. The molecule has 0 aliphatic heterocycles. The van der Waals surface area contributed by atoms with E-state index < -0.39 is 5.82 Å². The molecular formula is C30H24FN3O2. The number of ether oxygens (including phenoxy) is 1. The number of benzene rings is 4. The van der Waals surface area contributed by atoms with Crippen molar-refractivity contribution in [1.29, 1.82) is 0 Å². The molecule has 0 bridgehead atoms. The SMILES string of the molecule is COc1ccc(-n2nc(-c3ccccc3F)cc2C(=O)NC(c2ccccc2)c2ccccc2)cc1. The van der Waals surface area contributed by atoms with Crippen LogP contribution < -0.4 is 10.1 Å². The minimum Gasteiger partial charge on any atom is -0.497 e. The van der Waals surface area contributed by atoms with Crippen LogP contribution in [-0.2, 0) is 0 Å². The van der Waals surface area contributed by atoms with E-state index >= 15 is 0 Å². The molecule has 4 aromatic carbocycles. The third kappa shape index (κ3) is 4.74. The highest BCUT2D eigenvalue weighted by Crippen LogP contribution is 2.27.